The van der Waals surface area contributed by atoms with Crippen LogP contribution >= 0.6 is 11.3 Å². The fourth-order valence-electron chi connectivity index (χ4n) is 3.51. The molecule has 0 radical (unpaired) electrons. The fraction of sp³-hybridized carbons (Fsp3) is 0.444. The number of piperidine rings is 1. The summed E-state index contributed by atoms with van der Waals surface area (Å²) in [6.07, 6.45) is 5.94. The van der Waals surface area contributed by atoms with Crippen LogP contribution in [0, 0.1) is 0 Å². The van der Waals surface area contributed by atoms with E-state index < -0.39 is 0 Å². The predicted molar refractivity (Wildman–Crippen MR) is 90.6 cm³/mol. The van der Waals surface area contributed by atoms with Crippen LogP contribution in [0.5, 0.6) is 0 Å². The summed E-state index contributed by atoms with van der Waals surface area (Å²) >= 11 is 1.48. The number of likely N-dealkylation sites (tertiary alicyclic amines) is 1. The van der Waals surface area contributed by atoms with Crippen LogP contribution in [0.3, 0.4) is 0 Å². The SMILES string of the molecule is O=C(c1cnc(-c2ccccc2)s1)N1CCC2(CCCO2)CC1. The lowest BCUT2D eigenvalue weighted by Crippen LogP contribution is -2.46. The molecule has 1 aromatic heterocycles. The van der Waals surface area contributed by atoms with Gasteiger partial charge in [0.1, 0.15) is 9.88 Å². The molecule has 2 fully saturated rings. The van der Waals surface area contributed by atoms with Gasteiger partial charge < -0.3 is 9.64 Å². The molecule has 0 saturated carbocycles. The van der Waals surface area contributed by atoms with Gasteiger partial charge in [0.2, 0.25) is 0 Å². The quantitative estimate of drug-likeness (QED) is 0.846. The maximum Gasteiger partial charge on any atom is 0.265 e. The Morgan fingerprint density at radius 2 is 1.96 bits per heavy atom. The Morgan fingerprint density at radius 3 is 2.65 bits per heavy atom. The first kappa shape index (κ1) is 14.8. The van der Waals surface area contributed by atoms with E-state index in [2.05, 4.69) is 4.98 Å². The number of ether oxygens (including phenoxy) is 1. The maximum absolute atomic E-state index is 12.7. The number of benzene rings is 1. The first-order chi connectivity index (χ1) is 11.3. The van der Waals surface area contributed by atoms with E-state index in [4.69, 9.17) is 4.74 Å². The predicted octanol–water partition coefficient (Wildman–Crippen LogP) is 3.60. The Balaban J connectivity index is 1.45. The van der Waals surface area contributed by atoms with Crippen LogP contribution in [0.2, 0.25) is 0 Å². The van der Waals surface area contributed by atoms with Gasteiger partial charge in [-0.25, -0.2) is 4.98 Å². The van der Waals surface area contributed by atoms with E-state index in [0.717, 1.165) is 60.8 Å². The van der Waals surface area contributed by atoms with E-state index in [-0.39, 0.29) is 11.5 Å². The highest BCUT2D eigenvalue weighted by Gasteiger charge is 2.39. The normalized spacial score (nSPS) is 20.1. The van der Waals surface area contributed by atoms with Crippen LogP contribution < -0.4 is 0 Å². The average Bonchev–Trinajstić information content (AvgIpc) is 3.26. The zero-order valence-corrected chi connectivity index (χ0v) is 13.8. The first-order valence-electron chi connectivity index (χ1n) is 8.20. The molecule has 4 nitrogen and oxygen atoms in total. The van der Waals surface area contributed by atoms with Crippen LogP contribution in [0.4, 0.5) is 0 Å². The van der Waals surface area contributed by atoms with Crippen molar-refractivity contribution in [3.8, 4) is 10.6 Å². The minimum atomic E-state index is 0.0552. The Labute approximate surface area is 140 Å². The second kappa shape index (κ2) is 6.06. The second-order valence-corrected chi connectivity index (χ2v) is 7.35. The van der Waals surface area contributed by atoms with E-state index in [1.165, 1.54) is 11.3 Å². The number of carbonyl (C=O) groups excluding carboxylic acids is 1. The lowest BCUT2D eigenvalue weighted by Gasteiger charge is -2.38. The second-order valence-electron chi connectivity index (χ2n) is 6.32. The Kier molecular flexibility index (Phi) is 3.91. The number of rotatable bonds is 2. The van der Waals surface area contributed by atoms with Crippen molar-refractivity contribution in [2.75, 3.05) is 19.7 Å². The van der Waals surface area contributed by atoms with Gasteiger partial charge in [-0.2, -0.15) is 0 Å². The Bertz CT molecular complexity index is 682. The number of carbonyl (C=O) groups is 1. The summed E-state index contributed by atoms with van der Waals surface area (Å²) in [7, 11) is 0. The molecule has 1 spiro atoms. The Morgan fingerprint density at radius 1 is 1.17 bits per heavy atom. The summed E-state index contributed by atoms with van der Waals surface area (Å²) in [5.41, 5.74) is 1.12. The molecule has 2 aliphatic rings. The molecule has 3 heterocycles. The third-order valence-corrected chi connectivity index (χ3v) is 5.92. The molecule has 0 unspecified atom stereocenters. The van der Waals surface area contributed by atoms with Crippen molar-refractivity contribution < 1.29 is 9.53 Å². The van der Waals surface area contributed by atoms with Gasteiger partial charge in [0.05, 0.1) is 11.8 Å². The summed E-state index contributed by atoms with van der Waals surface area (Å²) in [5, 5.41) is 0.904. The molecule has 23 heavy (non-hydrogen) atoms. The molecule has 2 saturated heterocycles. The summed E-state index contributed by atoms with van der Waals surface area (Å²) < 4.78 is 5.93. The van der Waals surface area contributed by atoms with Gasteiger partial charge in [-0.15, -0.1) is 11.3 Å². The van der Waals surface area contributed by atoms with E-state index in [0.29, 0.717) is 0 Å². The summed E-state index contributed by atoms with van der Waals surface area (Å²) in [5.74, 6) is 0.109. The average molecular weight is 328 g/mol. The summed E-state index contributed by atoms with van der Waals surface area (Å²) in [4.78, 5) is 19.8. The van der Waals surface area contributed by atoms with Crippen molar-refractivity contribution in [2.24, 2.45) is 0 Å². The number of amides is 1. The van der Waals surface area contributed by atoms with Crippen molar-refractivity contribution >= 4 is 17.2 Å². The third kappa shape index (κ3) is 2.91. The van der Waals surface area contributed by atoms with E-state index in [1.54, 1.807) is 6.20 Å². The maximum atomic E-state index is 12.7. The molecule has 0 N–H and O–H groups in total. The number of aromatic nitrogens is 1. The molecule has 1 amide bonds. The van der Waals surface area contributed by atoms with Crippen molar-refractivity contribution in [1.29, 1.82) is 0 Å². The third-order valence-electron chi connectivity index (χ3n) is 4.88. The smallest absolute Gasteiger partial charge is 0.265 e. The molecular weight excluding hydrogens is 308 g/mol. The van der Waals surface area contributed by atoms with Gasteiger partial charge in [0.25, 0.3) is 5.91 Å². The van der Waals surface area contributed by atoms with Crippen LogP contribution in [-0.4, -0.2) is 41.1 Å². The molecule has 0 atom stereocenters. The van der Waals surface area contributed by atoms with E-state index in [9.17, 15) is 4.79 Å². The lowest BCUT2D eigenvalue weighted by molar-refractivity contribution is -0.0386. The number of hydrogen-bond donors (Lipinski definition) is 0. The van der Waals surface area contributed by atoms with Gasteiger partial charge in [0, 0.05) is 25.3 Å². The standard InChI is InChI=1S/C18H20N2O2S/c21-17(20-10-8-18(9-11-20)7-4-12-22-18)15-13-19-16(23-15)14-5-2-1-3-6-14/h1-3,5-6,13H,4,7-12H2. The van der Waals surface area contributed by atoms with Gasteiger partial charge in [-0.3, -0.25) is 4.79 Å². The van der Waals surface area contributed by atoms with Gasteiger partial charge in [-0.05, 0) is 25.7 Å². The molecular formula is C18H20N2O2S. The molecule has 2 aromatic rings. The monoisotopic (exact) mass is 328 g/mol. The van der Waals surface area contributed by atoms with Crippen LogP contribution in [0.25, 0.3) is 10.6 Å². The van der Waals surface area contributed by atoms with Crippen LogP contribution in [-0.2, 0) is 4.74 Å². The minimum Gasteiger partial charge on any atom is -0.375 e. The summed E-state index contributed by atoms with van der Waals surface area (Å²) in [6, 6.07) is 10.0. The van der Waals surface area contributed by atoms with Gasteiger partial charge in [-0.1, -0.05) is 30.3 Å². The van der Waals surface area contributed by atoms with E-state index >= 15 is 0 Å². The number of nitrogens with zero attached hydrogens (tertiary/aromatic N) is 2. The largest absolute Gasteiger partial charge is 0.375 e. The zero-order valence-electron chi connectivity index (χ0n) is 13.0. The molecule has 4 rings (SSSR count). The molecule has 1 aromatic carbocycles. The lowest BCUT2D eigenvalue weighted by atomic mass is 9.88. The first-order valence-corrected chi connectivity index (χ1v) is 9.02. The fourth-order valence-corrected chi connectivity index (χ4v) is 4.40. The molecule has 0 aliphatic carbocycles. The molecule has 0 bridgehead atoms. The van der Waals surface area contributed by atoms with Crippen molar-refractivity contribution in [2.45, 2.75) is 31.3 Å². The summed E-state index contributed by atoms with van der Waals surface area (Å²) in [6.45, 7) is 2.46. The van der Waals surface area contributed by atoms with E-state index in [1.807, 2.05) is 35.2 Å². The zero-order chi connectivity index (χ0) is 15.7. The van der Waals surface area contributed by atoms with Crippen LogP contribution in [0.1, 0.15) is 35.4 Å². The van der Waals surface area contributed by atoms with Gasteiger partial charge >= 0.3 is 0 Å². The highest BCUT2D eigenvalue weighted by molar-refractivity contribution is 7.16. The highest BCUT2D eigenvalue weighted by atomic mass is 32.1. The van der Waals surface area contributed by atoms with Crippen molar-refractivity contribution in [1.82, 2.24) is 9.88 Å². The number of hydrogen-bond acceptors (Lipinski definition) is 4. The Hall–Kier alpha value is -1.72. The van der Waals surface area contributed by atoms with Crippen LogP contribution in [0.15, 0.2) is 36.5 Å². The minimum absolute atomic E-state index is 0.0552. The topological polar surface area (TPSA) is 42.4 Å². The molecule has 2 aliphatic heterocycles. The van der Waals surface area contributed by atoms with Crippen molar-refractivity contribution in [3.63, 3.8) is 0 Å². The molecule has 120 valence electrons. The highest BCUT2D eigenvalue weighted by Crippen LogP contribution is 2.36. The van der Waals surface area contributed by atoms with Crippen molar-refractivity contribution in [3.05, 3.63) is 41.4 Å². The van der Waals surface area contributed by atoms with Gasteiger partial charge in [0.15, 0.2) is 0 Å². The number of thiazole rings is 1. The molecule has 5 heteroatoms.